The molecule has 0 unspecified atom stereocenters. The molecule has 0 atom stereocenters. The Kier molecular flexibility index (Phi) is 9.41. The molecular formula is C53H37FN2. The topological polar surface area (TPSA) is 25.8 Å². The monoisotopic (exact) mass is 720 g/mol. The second-order valence-electron chi connectivity index (χ2n) is 14.0. The first-order valence-corrected chi connectivity index (χ1v) is 18.8. The number of rotatable bonds is 8. The van der Waals surface area contributed by atoms with Gasteiger partial charge in [-0.1, -0.05) is 164 Å². The van der Waals surface area contributed by atoms with Crippen LogP contribution in [-0.4, -0.2) is 9.97 Å². The van der Waals surface area contributed by atoms with E-state index in [0.717, 1.165) is 72.5 Å². The fourth-order valence-corrected chi connectivity index (χ4v) is 7.58. The molecule has 56 heavy (non-hydrogen) atoms. The highest BCUT2D eigenvalue weighted by Crippen LogP contribution is 2.42. The van der Waals surface area contributed by atoms with Gasteiger partial charge in [0.1, 0.15) is 5.82 Å². The maximum Gasteiger partial charge on any atom is 0.132 e. The van der Waals surface area contributed by atoms with Crippen LogP contribution in [0.1, 0.15) is 5.56 Å². The van der Waals surface area contributed by atoms with E-state index in [1.807, 2.05) is 42.7 Å². The Morgan fingerprint density at radius 2 is 0.786 bits per heavy atom. The van der Waals surface area contributed by atoms with Gasteiger partial charge < -0.3 is 0 Å². The zero-order valence-electron chi connectivity index (χ0n) is 30.9. The molecule has 9 rings (SSSR count). The summed E-state index contributed by atoms with van der Waals surface area (Å²) in [5, 5.41) is 0. The quantitative estimate of drug-likeness (QED) is 0.156. The Morgan fingerprint density at radius 3 is 1.41 bits per heavy atom. The fourth-order valence-electron chi connectivity index (χ4n) is 7.58. The molecule has 2 aromatic heterocycles. The Balaban J connectivity index is 1.14. The summed E-state index contributed by atoms with van der Waals surface area (Å²) in [6.45, 7) is 2.15. The zero-order chi connectivity index (χ0) is 37.8. The lowest BCUT2D eigenvalue weighted by molar-refractivity contribution is 0.631. The highest BCUT2D eigenvalue weighted by Gasteiger charge is 2.17. The van der Waals surface area contributed by atoms with Gasteiger partial charge in [-0.25, -0.2) is 4.39 Å². The van der Waals surface area contributed by atoms with E-state index in [2.05, 4.69) is 158 Å². The molecule has 2 heterocycles. The zero-order valence-corrected chi connectivity index (χ0v) is 30.9. The molecule has 7 aromatic carbocycles. The third-order valence-electron chi connectivity index (χ3n) is 10.3. The molecule has 0 fully saturated rings. The minimum atomic E-state index is -0.281. The van der Waals surface area contributed by atoms with E-state index in [1.165, 1.54) is 17.2 Å². The number of hydrogen-bond acceptors (Lipinski definition) is 2. The van der Waals surface area contributed by atoms with Crippen LogP contribution in [0.5, 0.6) is 0 Å². The molecule has 2 nitrogen and oxygen atoms in total. The first kappa shape index (κ1) is 34.5. The normalized spacial score (nSPS) is 11.0. The van der Waals surface area contributed by atoms with Crippen molar-refractivity contribution in [2.24, 2.45) is 0 Å². The van der Waals surface area contributed by atoms with Crippen molar-refractivity contribution < 1.29 is 4.39 Å². The van der Waals surface area contributed by atoms with Gasteiger partial charge in [-0.05, 0) is 98.5 Å². The number of benzene rings is 7. The maximum absolute atomic E-state index is 14.6. The molecule has 0 aliphatic rings. The minimum absolute atomic E-state index is 0.281. The van der Waals surface area contributed by atoms with E-state index >= 15 is 0 Å². The van der Waals surface area contributed by atoms with Crippen LogP contribution in [0.25, 0.3) is 89.3 Å². The number of halogens is 1. The average molecular weight is 721 g/mol. The molecule has 9 aromatic rings. The van der Waals surface area contributed by atoms with Gasteiger partial charge in [0, 0.05) is 34.6 Å². The van der Waals surface area contributed by atoms with Crippen LogP contribution < -0.4 is 0 Å². The van der Waals surface area contributed by atoms with Crippen molar-refractivity contribution in [2.45, 2.75) is 6.92 Å². The summed E-state index contributed by atoms with van der Waals surface area (Å²) in [5.74, 6) is -0.281. The molecule has 0 bridgehead atoms. The number of aromatic nitrogens is 2. The van der Waals surface area contributed by atoms with Gasteiger partial charge in [-0.3, -0.25) is 9.97 Å². The highest BCUT2D eigenvalue weighted by molar-refractivity contribution is 5.94. The van der Waals surface area contributed by atoms with Crippen LogP contribution in [0, 0.1) is 12.7 Å². The second-order valence-corrected chi connectivity index (χ2v) is 14.0. The van der Waals surface area contributed by atoms with Crippen LogP contribution in [0.2, 0.25) is 0 Å². The summed E-state index contributed by atoms with van der Waals surface area (Å²) in [5.41, 5.74) is 17.5. The molecule has 3 heteroatoms. The fraction of sp³-hybridized carbons (Fsp3) is 0.0189. The lowest BCUT2D eigenvalue weighted by Crippen LogP contribution is -1.94. The summed E-state index contributed by atoms with van der Waals surface area (Å²) in [7, 11) is 0. The van der Waals surface area contributed by atoms with Crippen LogP contribution >= 0.6 is 0 Å². The first-order chi connectivity index (χ1) is 27.6. The summed E-state index contributed by atoms with van der Waals surface area (Å²) >= 11 is 0. The van der Waals surface area contributed by atoms with Gasteiger partial charge in [0.05, 0.1) is 11.4 Å². The summed E-state index contributed by atoms with van der Waals surface area (Å²) in [4.78, 5) is 9.72. The number of nitrogens with zero attached hydrogens (tertiary/aromatic N) is 2. The third-order valence-corrected chi connectivity index (χ3v) is 10.3. The minimum Gasteiger partial charge on any atom is -0.256 e. The lowest BCUT2D eigenvalue weighted by atomic mass is 9.87. The van der Waals surface area contributed by atoms with Crippen molar-refractivity contribution in [3.63, 3.8) is 0 Å². The van der Waals surface area contributed by atoms with E-state index in [9.17, 15) is 4.39 Å². The summed E-state index contributed by atoms with van der Waals surface area (Å²) in [6, 6.07) is 66.4. The molecule has 0 N–H and O–H groups in total. The van der Waals surface area contributed by atoms with Crippen molar-refractivity contribution in [1.82, 2.24) is 9.97 Å². The van der Waals surface area contributed by atoms with Gasteiger partial charge in [-0.2, -0.15) is 0 Å². The van der Waals surface area contributed by atoms with Crippen molar-refractivity contribution >= 4 is 0 Å². The van der Waals surface area contributed by atoms with Crippen LogP contribution in [-0.2, 0) is 0 Å². The van der Waals surface area contributed by atoms with Crippen molar-refractivity contribution in [3.05, 3.63) is 218 Å². The van der Waals surface area contributed by atoms with E-state index < -0.39 is 0 Å². The Morgan fingerprint density at radius 1 is 0.304 bits per heavy atom. The smallest absolute Gasteiger partial charge is 0.132 e. The van der Waals surface area contributed by atoms with Crippen LogP contribution in [0.15, 0.2) is 207 Å². The molecular weight excluding hydrogens is 684 g/mol. The Hall–Kier alpha value is -7.23. The van der Waals surface area contributed by atoms with Gasteiger partial charge in [-0.15, -0.1) is 0 Å². The van der Waals surface area contributed by atoms with E-state index in [1.54, 1.807) is 12.1 Å². The molecule has 266 valence electrons. The standard InChI is InChI=1S/C53H37FN2/c1-36-30-42(45-19-9-8-18-44(45)41-28-29-52(55-34-41)48-22-12-13-23-51(48)54)32-43(31-36)46-20-10-11-21-47(46)50-35-56-53(40-16-6-3-7-17-40)33-49(50)39-26-24-38(25-27-39)37-14-4-2-5-15-37/h2-35H,1H3. The van der Waals surface area contributed by atoms with Gasteiger partial charge >= 0.3 is 0 Å². The maximum atomic E-state index is 14.6. The van der Waals surface area contributed by atoms with Crippen molar-refractivity contribution in [3.8, 4) is 89.3 Å². The molecule has 0 spiro atoms. The van der Waals surface area contributed by atoms with E-state index in [0.29, 0.717) is 11.3 Å². The highest BCUT2D eigenvalue weighted by atomic mass is 19.1. The molecule has 0 saturated heterocycles. The molecule has 0 aliphatic carbocycles. The summed E-state index contributed by atoms with van der Waals surface area (Å²) in [6.07, 6.45) is 3.87. The lowest BCUT2D eigenvalue weighted by Gasteiger charge is -2.18. The van der Waals surface area contributed by atoms with Gasteiger partial charge in [0.25, 0.3) is 0 Å². The van der Waals surface area contributed by atoms with Crippen molar-refractivity contribution in [1.29, 1.82) is 0 Å². The van der Waals surface area contributed by atoms with E-state index in [4.69, 9.17) is 4.98 Å². The molecule has 0 radical (unpaired) electrons. The van der Waals surface area contributed by atoms with E-state index in [-0.39, 0.29) is 5.82 Å². The number of hydrogen-bond donors (Lipinski definition) is 0. The van der Waals surface area contributed by atoms with Gasteiger partial charge in [0.15, 0.2) is 0 Å². The van der Waals surface area contributed by atoms with Crippen LogP contribution in [0.3, 0.4) is 0 Å². The molecule has 0 amide bonds. The van der Waals surface area contributed by atoms with Gasteiger partial charge in [0.2, 0.25) is 0 Å². The molecule has 0 saturated carbocycles. The third kappa shape index (κ3) is 6.95. The predicted octanol–water partition coefficient (Wildman–Crippen LogP) is 14.3. The Bertz CT molecular complexity index is 2790. The SMILES string of the molecule is Cc1cc(-c2ccccc2-c2ccc(-c3ccccc3F)nc2)cc(-c2ccccc2-c2cnc(-c3ccccc3)cc2-c2ccc(-c3ccccc3)cc2)c1. The van der Waals surface area contributed by atoms with Crippen molar-refractivity contribution in [2.75, 3.05) is 0 Å². The number of aryl methyl sites for hydroxylation is 1. The average Bonchev–Trinajstić information content (AvgIpc) is 3.27. The number of pyridine rings is 2. The summed E-state index contributed by atoms with van der Waals surface area (Å²) < 4.78 is 14.6. The second kappa shape index (κ2) is 15.3. The first-order valence-electron chi connectivity index (χ1n) is 18.8. The van der Waals surface area contributed by atoms with Crippen LogP contribution in [0.4, 0.5) is 4.39 Å². The predicted molar refractivity (Wildman–Crippen MR) is 230 cm³/mol. The Labute approximate surface area is 327 Å². The largest absolute Gasteiger partial charge is 0.256 e. The molecule has 0 aliphatic heterocycles.